The summed E-state index contributed by atoms with van der Waals surface area (Å²) < 4.78 is 39.8. The van der Waals surface area contributed by atoms with Gasteiger partial charge in [0.05, 0.1) is 40.0 Å². The summed E-state index contributed by atoms with van der Waals surface area (Å²) in [6.07, 6.45) is 0.446. The van der Waals surface area contributed by atoms with Crippen molar-refractivity contribution < 1.29 is 42.7 Å². The molecule has 44 heavy (non-hydrogen) atoms. The molecule has 2 aromatic carbocycles. The molecule has 0 radical (unpaired) electrons. The molecule has 0 unspecified atom stereocenters. The van der Waals surface area contributed by atoms with Gasteiger partial charge in [0, 0.05) is 49.6 Å². The third kappa shape index (κ3) is 5.21. The fourth-order valence-electron chi connectivity index (χ4n) is 7.59. The van der Waals surface area contributed by atoms with Gasteiger partial charge in [0.25, 0.3) is 0 Å². The number of fused-ring (bicyclic) bond motifs is 6. The first-order valence-electron chi connectivity index (χ1n) is 14.9. The first kappa shape index (κ1) is 30.1. The zero-order valence-corrected chi connectivity index (χ0v) is 26.0. The van der Waals surface area contributed by atoms with Crippen molar-refractivity contribution in [3.05, 3.63) is 47.2 Å². The maximum Gasteiger partial charge on any atom is 0.338 e. The first-order valence-corrected chi connectivity index (χ1v) is 14.9. The maximum atomic E-state index is 13.5. The average Bonchev–Trinajstić information content (AvgIpc) is 3.41. The molecule has 0 amide bonds. The fraction of sp³-hybridized carbons (Fsp3) is 0.515. The quantitative estimate of drug-likeness (QED) is 0.371. The van der Waals surface area contributed by atoms with E-state index in [0.717, 1.165) is 37.2 Å². The number of piperidine rings is 1. The molecule has 2 aliphatic heterocycles. The third-order valence-corrected chi connectivity index (χ3v) is 9.52. The lowest BCUT2D eigenvalue weighted by Gasteiger charge is -2.53. The standard InChI is InChI=1S/C33H40N2O9/c1-17(36)43-30-22-15-25-29-21(23-14-20(38-2)7-8-24(23)34-29)9-10-35(25)16-19(22)13-28(32(30)42-6)44-33(37)18-11-26(39-3)31(41-5)27(12-18)40-4/h7-8,11-12,14,19,22,25,28,30,32,34H,9-10,13,15-16H2,1-6H3/t19-,22+,25-,28-,30+,32+/m1/s1. The second-order valence-electron chi connectivity index (χ2n) is 11.7. The highest BCUT2D eigenvalue weighted by Gasteiger charge is 2.53. The minimum atomic E-state index is -0.632. The van der Waals surface area contributed by atoms with Crippen LogP contribution >= 0.6 is 0 Å². The van der Waals surface area contributed by atoms with E-state index in [-0.39, 0.29) is 23.4 Å². The number of esters is 2. The van der Waals surface area contributed by atoms with Gasteiger partial charge in [0.2, 0.25) is 5.75 Å². The lowest BCUT2D eigenvalue weighted by Crippen LogP contribution is -2.59. The lowest BCUT2D eigenvalue weighted by molar-refractivity contribution is -0.192. The fourth-order valence-corrected chi connectivity index (χ4v) is 7.59. The summed E-state index contributed by atoms with van der Waals surface area (Å²) in [7, 11) is 7.74. The van der Waals surface area contributed by atoms with Gasteiger partial charge in [-0.25, -0.2) is 4.79 Å². The van der Waals surface area contributed by atoms with Crippen LogP contribution in [0.4, 0.5) is 0 Å². The molecule has 3 aliphatic rings. The van der Waals surface area contributed by atoms with E-state index in [2.05, 4.69) is 22.0 Å². The number of carbonyl (C=O) groups is 2. The Morgan fingerprint density at radius 1 is 0.886 bits per heavy atom. The van der Waals surface area contributed by atoms with Crippen LogP contribution in [0.5, 0.6) is 23.0 Å². The zero-order valence-electron chi connectivity index (χ0n) is 26.0. The molecule has 236 valence electrons. The molecule has 0 spiro atoms. The zero-order chi connectivity index (χ0) is 31.1. The summed E-state index contributed by atoms with van der Waals surface area (Å²) >= 11 is 0. The molecular weight excluding hydrogens is 568 g/mol. The maximum absolute atomic E-state index is 13.5. The van der Waals surface area contributed by atoms with Crippen LogP contribution in [0, 0.1) is 11.8 Å². The minimum Gasteiger partial charge on any atom is -0.497 e. The summed E-state index contributed by atoms with van der Waals surface area (Å²) in [5, 5.41) is 1.19. The van der Waals surface area contributed by atoms with Gasteiger partial charge in [-0.15, -0.1) is 0 Å². The number of hydrogen-bond donors (Lipinski definition) is 1. The summed E-state index contributed by atoms with van der Waals surface area (Å²) in [6, 6.07) is 9.41. The third-order valence-electron chi connectivity index (χ3n) is 9.52. The second-order valence-corrected chi connectivity index (χ2v) is 11.7. The van der Waals surface area contributed by atoms with Crippen molar-refractivity contribution in [1.82, 2.24) is 9.88 Å². The largest absolute Gasteiger partial charge is 0.497 e. The molecule has 6 atom stereocenters. The van der Waals surface area contributed by atoms with Crippen molar-refractivity contribution >= 4 is 22.8 Å². The molecule has 1 aliphatic carbocycles. The van der Waals surface area contributed by atoms with Gasteiger partial charge in [-0.1, -0.05) is 0 Å². The molecule has 11 nitrogen and oxygen atoms in total. The highest BCUT2D eigenvalue weighted by molar-refractivity contribution is 5.91. The molecule has 11 heteroatoms. The van der Waals surface area contributed by atoms with Gasteiger partial charge in [-0.3, -0.25) is 9.69 Å². The Balaban J connectivity index is 1.29. The van der Waals surface area contributed by atoms with Crippen molar-refractivity contribution in [2.75, 3.05) is 48.6 Å². The van der Waals surface area contributed by atoms with Crippen LogP contribution in [0.25, 0.3) is 10.9 Å². The number of nitrogens with one attached hydrogen (secondary N) is 1. The number of ether oxygens (including phenoxy) is 7. The average molecular weight is 609 g/mol. The summed E-state index contributed by atoms with van der Waals surface area (Å²) in [5.41, 5.74) is 3.88. The molecule has 1 aromatic heterocycles. The van der Waals surface area contributed by atoms with Crippen LogP contribution in [0.2, 0.25) is 0 Å². The van der Waals surface area contributed by atoms with Gasteiger partial charge >= 0.3 is 11.9 Å². The van der Waals surface area contributed by atoms with Crippen molar-refractivity contribution in [2.24, 2.45) is 11.8 Å². The van der Waals surface area contributed by atoms with Gasteiger partial charge in [0.1, 0.15) is 24.1 Å². The molecule has 1 saturated heterocycles. The van der Waals surface area contributed by atoms with Crippen LogP contribution in [-0.4, -0.2) is 88.8 Å². The van der Waals surface area contributed by atoms with Crippen LogP contribution in [0.1, 0.15) is 47.4 Å². The van der Waals surface area contributed by atoms with Crippen molar-refractivity contribution in [3.8, 4) is 23.0 Å². The normalized spacial score (nSPS) is 26.1. The van der Waals surface area contributed by atoms with Crippen molar-refractivity contribution in [3.63, 3.8) is 0 Å². The Hall–Kier alpha value is -3.96. The molecule has 0 bridgehead atoms. The lowest BCUT2D eigenvalue weighted by atomic mass is 9.67. The van der Waals surface area contributed by atoms with E-state index in [1.807, 2.05) is 6.07 Å². The van der Waals surface area contributed by atoms with E-state index in [1.54, 1.807) is 26.4 Å². The van der Waals surface area contributed by atoms with Crippen LogP contribution in [-0.2, 0) is 25.4 Å². The van der Waals surface area contributed by atoms with Crippen molar-refractivity contribution in [1.29, 1.82) is 0 Å². The molecule has 6 rings (SSSR count). The number of aromatic amines is 1. The van der Waals surface area contributed by atoms with Crippen LogP contribution in [0.3, 0.4) is 0 Å². The summed E-state index contributed by atoms with van der Waals surface area (Å²) in [4.78, 5) is 32.1. The number of aromatic nitrogens is 1. The highest BCUT2D eigenvalue weighted by Crippen LogP contribution is 2.49. The van der Waals surface area contributed by atoms with E-state index in [9.17, 15) is 9.59 Å². The first-order chi connectivity index (χ1) is 21.3. The van der Waals surface area contributed by atoms with Gasteiger partial charge in [-0.2, -0.15) is 0 Å². The Labute approximate surface area is 256 Å². The van der Waals surface area contributed by atoms with E-state index in [4.69, 9.17) is 33.2 Å². The Morgan fingerprint density at radius 2 is 1.64 bits per heavy atom. The van der Waals surface area contributed by atoms with Gasteiger partial charge in [0.15, 0.2) is 11.5 Å². The predicted molar refractivity (Wildman–Crippen MR) is 161 cm³/mol. The minimum absolute atomic E-state index is 0.0214. The topological polar surface area (TPSA) is 118 Å². The summed E-state index contributed by atoms with van der Waals surface area (Å²) in [5.74, 6) is 1.12. The number of benzene rings is 2. The number of H-pyrrole nitrogens is 1. The number of methoxy groups -OCH3 is 5. The monoisotopic (exact) mass is 608 g/mol. The van der Waals surface area contributed by atoms with Gasteiger partial charge < -0.3 is 38.1 Å². The molecule has 3 heterocycles. The molecule has 2 fully saturated rings. The predicted octanol–water partition coefficient (Wildman–Crippen LogP) is 4.31. The number of rotatable bonds is 8. The second kappa shape index (κ2) is 12.2. The van der Waals surface area contributed by atoms with E-state index in [0.29, 0.717) is 23.7 Å². The summed E-state index contributed by atoms with van der Waals surface area (Å²) in [6.45, 7) is 3.11. The number of nitrogens with zero attached hydrogens (tertiary/aromatic N) is 1. The Bertz CT molecular complexity index is 1530. The van der Waals surface area contributed by atoms with Gasteiger partial charge in [-0.05, 0) is 61.1 Å². The SMILES string of the molecule is COc1ccc2[nH]c3c(c2c1)CCN1C[C@H]2C[C@@H](OC(=O)c4cc(OC)c(OC)c(OC)c4)[C@H](OC)[C@@H](OC(C)=O)[C@H]2C[C@H]31. The van der Waals surface area contributed by atoms with Crippen LogP contribution < -0.4 is 18.9 Å². The smallest absolute Gasteiger partial charge is 0.338 e. The van der Waals surface area contributed by atoms with E-state index in [1.165, 1.54) is 44.9 Å². The Morgan fingerprint density at radius 3 is 2.27 bits per heavy atom. The van der Waals surface area contributed by atoms with Crippen molar-refractivity contribution in [2.45, 2.75) is 50.5 Å². The van der Waals surface area contributed by atoms with E-state index < -0.39 is 30.3 Å². The molecular formula is C33H40N2O9. The number of hydrogen-bond acceptors (Lipinski definition) is 10. The number of carbonyl (C=O) groups excluding carboxylic acids is 2. The molecule has 1 saturated carbocycles. The molecule has 1 N–H and O–H groups in total. The van der Waals surface area contributed by atoms with E-state index >= 15 is 0 Å². The van der Waals surface area contributed by atoms with Crippen LogP contribution in [0.15, 0.2) is 30.3 Å². The highest BCUT2D eigenvalue weighted by atomic mass is 16.6. The Kier molecular flexibility index (Phi) is 8.34. The molecule has 3 aromatic rings.